The predicted octanol–water partition coefficient (Wildman–Crippen LogP) is -1.08. The van der Waals surface area contributed by atoms with E-state index in [9.17, 15) is 30.5 Å². The second kappa shape index (κ2) is 7.86. The van der Waals surface area contributed by atoms with E-state index in [0.29, 0.717) is 6.42 Å². The topological polar surface area (TPSA) is 202 Å². The summed E-state index contributed by atoms with van der Waals surface area (Å²) in [6.07, 6.45) is -2.98. The normalized spacial score (nSPS) is 29.9. The van der Waals surface area contributed by atoms with Crippen LogP contribution in [0.5, 0.6) is 0 Å². The van der Waals surface area contributed by atoms with Crippen molar-refractivity contribution in [1.29, 1.82) is 0 Å². The van der Waals surface area contributed by atoms with Crippen LogP contribution in [0.2, 0.25) is 0 Å². The van der Waals surface area contributed by atoms with Gasteiger partial charge in [0.1, 0.15) is 29.8 Å². The van der Waals surface area contributed by atoms with E-state index in [1.165, 1.54) is 23.0 Å². The Balaban J connectivity index is 1.58. The van der Waals surface area contributed by atoms with Crippen molar-refractivity contribution in [3.8, 4) is 0 Å². The predicted molar refractivity (Wildman–Crippen MR) is 106 cm³/mol. The molecule has 5 atom stereocenters. The molecule has 0 radical (unpaired) electrons. The number of aliphatic hydroxyl groups is 4. The molecular formula is C18H22N6O7. The molecule has 2 aliphatic rings. The Bertz CT molecular complexity index is 1010. The van der Waals surface area contributed by atoms with Crippen LogP contribution >= 0.6 is 0 Å². The van der Waals surface area contributed by atoms with E-state index >= 15 is 0 Å². The largest absolute Gasteiger partial charge is 0.394 e. The number of nitrogens with two attached hydrogens (primary N) is 1. The van der Waals surface area contributed by atoms with Gasteiger partial charge in [-0.05, 0) is 12.0 Å². The van der Waals surface area contributed by atoms with Crippen molar-refractivity contribution in [2.24, 2.45) is 10.7 Å². The summed E-state index contributed by atoms with van der Waals surface area (Å²) >= 11 is 0. The van der Waals surface area contributed by atoms with Crippen molar-refractivity contribution in [1.82, 2.24) is 9.55 Å². The summed E-state index contributed by atoms with van der Waals surface area (Å²) in [4.78, 5) is 18.6. The monoisotopic (exact) mass is 434 g/mol. The highest BCUT2D eigenvalue weighted by atomic mass is 16.6. The lowest BCUT2D eigenvalue weighted by Crippen LogP contribution is -2.39. The Kier molecular flexibility index (Phi) is 5.36. The summed E-state index contributed by atoms with van der Waals surface area (Å²) < 4.78 is 6.90. The minimum absolute atomic E-state index is 0.0360. The number of nitrogens with one attached hydrogen (secondary N) is 1. The van der Waals surface area contributed by atoms with E-state index in [-0.39, 0.29) is 29.6 Å². The van der Waals surface area contributed by atoms with Crippen molar-refractivity contribution in [2.75, 3.05) is 11.9 Å². The zero-order valence-electron chi connectivity index (χ0n) is 16.2. The molecule has 166 valence electrons. The first-order valence-corrected chi connectivity index (χ1v) is 9.51. The van der Waals surface area contributed by atoms with Crippen LogP contribution in [0.4, 0.5) is 11.5 Å². The van der Waals surface area contributed by atoms with E-state index < -0.39 is 41.8 Å². The average molecular weight is 434 g/mol. The number of aryl methyl sites for hydroxylation is 1. The van der Waals surface area contributed by atoms with Gasteiger partial charge in [-0.2, -0.15) is 0 Å². The maximum absolute atomic E-state index is 11.2. The molecule has 0 saturated carbocycles. The number of non-ortho nitro benzene ring substituents is 1. The molecular weight excluding hydrogens is 412 g/mol. The molecule has 13 heteroatoms. The summed E-state index contributed by atoms with van der Waals surface area (Å²) in [7, 11) is 0. The lowest BCUT2D eigenvalue weighted by Gasteiger charge is -2.29. The second-order valence-corrected chi connectivity index (χ2v) is 7.44. The highest BCUT2D eigenvalue weighted by Crippen LogP contribution is 2.39. The van der Waals surface area contributed by atoms with Gasteiger partial charge in [0, 0.05) is 18.6 Å². The van der Waals surface area contributed by atoms with Gasteiger partial charge < -0.3 is 36.2 Å². The Morgan fingerprint density at radius 3 is 2.61 bits per heavy atom. The molecule has 0 spiro atoms. The number of aliphatic hydroxyl groups excluding tert-OH is 3. The number of guanidine groups is 1. The highest BCUT2D eigenvalue weighted by Gasteiger charge is 2.46. The molecule has 0 aliphatic carbocycles. The van der Waals surface area contributed by atoms with Gasteiger partial charge in [0.2, 0.25) is 5.72 Å². The fourth-order valence-corrected chi connectivity index (χ4v) is 3.76. The van der Waals surface area contributed by atoms with Gasteiger partial charge in [0.05, 0.1) is 17.9 Å². The fourth-order valence-electron chi connectivity index (χ4n) is 3.76. The van der Waals surface area contributed by atoms with Gasteiger partial charge >= 0.3 is 0 Å². The van der Waals surface area contributed by atoms with Gasteiger partial charge in [0.15, 0.2) is 12.2 Å². The zero-order valence-corrected chi connectivity index (χ0v) is 16.2. The maximum Gasteiger partial charge on any atom is 0.269 e. The molecule has 1 fully saturated rings. The Labute approximate surface area is 175 Å². The quantitative estimate of drug-likeness (QED) is 0.240. The summed E-state index contributed by atoms with van der Waals surface area (Å²) in [6, 6.07) is 5.94. The number of anilines is 1. The Morgan fingerprint density at radius 2 is 2.00 bits per heavy atom. The van der Waals surface area contributed by atoms with Crippen LogP contribution in [0, 0.1) is 10.1 Å². The van der Waals surface area contributed by atoms with Crippen LogP contribution in [0.3, 0.4) is 0 Å². The number of aliphatic imine (C=N–C) groups is 1. The average Bonchev–Trinajstić information content (AvgIpc) is 3.28. The fraction of sp³-hybridized carbons (Fsp3) is 0.444. The first-order valence-electron chi connectivity index (χ1n) is 9.51. The van der Waals surface area contributed by atoms with Gasteiger partial charge in [-0.25, -0.2) is 9.98 Å². The molecule has 31 heavy (non-hydrogen) atoms. The number of nitrogens with zero attached hydrogens (tertiary/aromatic N) is 4. The van der Waals surface area contributed by atoms with Crippen molar-refractivity contribution in [2.45, 2.75) is 43.1 Å². The molecule has 0 amide bonds. The SMILES string of the molecule is NC1=NC(O)(CCc2ccc([N+](=O)[O-])cc2)c2ncn([C@@H]3O[C@H](CO)[C@@H](O)[C@H]3O)c2N1. The van der Waals surface area contributed by atoms with Crippen LogP contribution in [-0.4, -0.2) is 65.8 Å². The van der Waals surface area contributed by atoms with E-state index in [1.807, 2.05) is 0 Å². The van der Waals surface area contributed by atoms with Gasteiger partial charge in [-0.15, -0.1) is 0 Å². The minimum atomic E-state index is -1.80. The number of benzene rings is 1. The molecule has 0 bridgehead atoms. The van der Waals surface area contributed by atoms with E-state index in [2.05, 4.69) is 15.3 Å². The number of aromatic nitrogens is 2. The maximum atomic E-state index is 11.2. The molecule has 7 N–H and O–H groups in total. The van der Waals surface area contributed by atoms with Gasteiger partial charge in [-0.3, -0.25) is 14.7 Å². The first-order chi connectivity index (χ1) is 14.7. The van der Waals surface area contributed by atoms with Crippen LogP contribution < -0.4 is 11.1 Å². The van der Waals surface area contributed by atoms with E-state index in [1.54, 1.807) is 12.1 Å². The van der Waals surface area contributed by atoms with E-state index in [4.69, 9.17) is 10.5 Å². The molecule has 1 aromatic carbocycles. The number of hydrogen-bond donors (Lipinski definition) is 6. The number of hydrogen-bond acceptors (Lipinski definition) is 11. The molecule has 1 saturated heterocycles. The van der Waals surface area contributed by atoms with Crippen LogP contribution in [0.1, 0.15) is 23.9 Å². The standard InChI is InChI=1S/C18H22N6O7/c19-17-21-15-14(20-8-23(15)16-13(27)12(26)11(7-25)31-16)18(28,22-17)6-5-9-1-3-10(4-2-9)24(29)30/h1-4,8,11-13,16,25-28H,5-7H2,(H3,19,21,22)/t11-,12-,13-,16-,18?/m1/s1. The molecule has 2 aromatic rings. The Morgan fingerprint density at radius 1 is 1.29 bits per heavy atom. The summed E-state index contributed by atoms with van der Waals surface area (Å²) in [5.41, 5.74) is 4.91. The molecule has 4 rings (SSSR count). The smallest absolute Gasteiger partial charge is 0.269 e. The van der Waals surface area contributed by atoms with Crippen LogP contribution in [0.25, 0.3) is 0 Å². The number of nitro benzene ring substituents is 1. The van der Waals surface area contributed by atoms with Crippen molar-refractivity contribution in [3.63, 3.8) is 0 Å². The number of ether oxygens (including phenoxy) is 1. The number of imidazole rings is 1. The van der Waals surface area contributed by atoms with Crippen molar-refractivity contribution >= 4 is 17.5 Å². The summed E-state index contributed by atoms with van der Waals surface area (Å²) in [5, 5.41) is 54.4. The Hall–Kier alpha value is -3.10. The van der Waals surface area contributed by atoms with E-state index in [0.717, 1.165) is 5.56 Å². The zero-order chi connectivity index (χ0) is 22.3. The molecule has 1 unspecified atom stereocenters. The van der Waals surface area contributed by atoms with Crippen molar-refractivity contribution in [3.05, 3.63) is 52.0 Å². The molecule has 1 aromatic heterocycles. The van der Waals surface area contributed by atoms with Crippen LogP contribution in [0.15, 0.2) is 35.6 Å². The lowest BCUT2D eigenvalue weighted by molar-refractivity contribution is -0.384. The molecule has 3 heterocycles. The highest BCUT2D eigenvalue weighted by molar-refractivity contribution is 5.94. The third-order valence-electron chi connectivity index (χ3n) is 5.43. The molecule has 13 nitrogen and oxygen atoms in total. The number of fused-ring (bicyclic) bond motifs is 1. The van der Waals surface area contributed by atoms with Crippen molar-refractivity contribution < 1.29 is 30.1 Å². The van der Waals surface area contributed by atoms with Crippen LogP contribution in [-0.2, 0) is 16.9 Å². The van der Waals surface area contributed by atoms with Gasteiger partial charge in [0.25, 0.3) is 5.69 Å². The summed E-state index contributed by atoms with van der Waals surface area (Å²) in [5.74, 6) is 0.140. The number of rotatable bonds is 6. The third kappa shape index (κ3) is 3.73. The third-order valence-corrected chi connectivity index (χ3v) is 5.43. The van der Waals surface area contributed by atoms with Gasteiger partial charge in [-0.1, -0.05) is 12.1 Å². The molecule has 2 aliphatic heterocycles. The first kappa shape index (κ1) is 21.1. The lowest BCUT2D eigenvalue weighted by atomic mass is 9.98. The second-order valence-electron chi connectivity index (χ2n) is 7.44. The minimum Gasteiger partial charge on any atom is -0.394 e. The summed E-state index contributed by atoms with van der Waals surface area (Å²) in [6.45, 7) is -0.484. The number of nitro groups is 1.